The third-order valence-electron chi connectivity index (χ3n) is 4.78. The van der Waals surface area contributed by atoms with Crippen molar-refractivity contribution in [3.63, 3.8) is 0 Å². The van der Waals surface area contributed by atoms with Gasteiger partial charge in [0.05, 0.1) is 24.8 Å². The fraction of sp³-hybridized carbons (Fsp3) is 0.429. The molecule has 0 saturated carbocycles. The van der Waals surface area contributed by atoms with Crippen molar-refractivity contribution in [3.05, 3.63) is 44.8 Å². The van der Waals surface area contributed by atoms with E-state index in [4.69, 9.17) is 21.1 Å². The topological polar surface area (TPSA) is 64.6 Å². The van der Waals surface area contributed by atoms with Crippen LogP contribution < -0.4 is 10.1 Å². The van der Waals surface area contributed by atoms with E-state index in [0.717, 1.165) is 42.5 Å². The minimum Gasteiger partial charge on any atom is -0.496 e. The molecule has 1 aliphatic carbocycles. The number of ether oxygens (including phenoxy) is 2. The molecule has 0 bridgehead atoms. The summed E-state index contributed by atoms with van der Waals surface area (Å²) < 4.78 is 10.6. The molecule has 0 unspecified atom stereocenters. The number of rotatable bonds is 5. The Hall–Kier alpha value is -2.05. The summed E-state index contributed by atoms with van der Waals surface area (Å²) in [6.07, 6.45) is 6.21. The fourth-order valence-corrected chi connectivity index (χ4v) is 4.90. The van der Waals surface area contributed by atoms with Crippen molar-refractivity contribution in [1.82, 2.24) is 0 Å². The van der Waals surface area contributed by atoms with Gasteiger partial charge in [-0.15, -0.1) is 11.3 Å². The number of fused-ring (bicyclic) bond motifs is 1. The summed E-state index contributed by atoms with van der Waals surface area (Å²) in [5, 5.41) is 3.89. The van der Waals surface area contributed by atoms with Crippen LogP contribution in [0, 0.1) is 0 Å². The molecule has 1 heterocycles. The predicted octanol–water partition coefficient (Wildman–Crippen LogP) is 5.50. The fourth-order valence-electron chi connectivity index (χ4n) is 3.45. The zero-order valence-electron chi connectivity index (χ0n) is 16.1. The second-order valence-electron chi connectivity index (χ2n) is 6.64. The first-order valence-electron chi connectivity index (χ1n) is 9.51. The second kappa shape index (κ2) is 9.43. The molecule has 0 saturated heterocycles. The van der Waals surface area contributed by atoms with Gasteiger partial charge in [-0.05, 0) is 56.4 Å². The van der Waals surface area contributed by atoms with Crippen LogP contribution in [0.15, 0.2) is 18.2 Å². The van der Waals surface area contributed by atoms with Gasteiger partial charge < -0.3 is 14.8 Å². The Morgan fingerprint density at radius 3 is 2.64 bits per heavy atom. The van der Waals surface area contributed by atoms with Gasteiger partial charge in [0.25, 0.3) is 5.91 Å². The molecule has 2 aromatic rings. The Kier molecular flexibility index (Phi) is 6.97. The molecule has 1 N–H and O–H groups in total. The second-order valence-corrected chi connectivity index (χ2v) is 8.18. The lowest BCUT2D eigenvalue weighted by Gasteiger charge is -2.12. The highest BCUT2D eigenvalue weighted by Crippen LogP contribution is 2.38. The number of amides is 1. The molecule has 7 heteroatoms. The molecule has 1 aromatic carbocycles. The van der Waals surface area contributed by atoms with Crippen LogP contribution in [-0.4, -0.2) is 25.6 Å². The molecule has 5 nitrogen and oxygen atoms in total. The molecule has 1 aromatic heterocycles. The monoisotopic (exact) mass is 421 g/mol. The normalized spacial score (nSPS) is 13.8. The van der Waals surface area contributed by atoms with Crippen LogP contribution in [-0.2, 0) is 17.6 Å². The van der Waals surface area contributed by atoms with Crippen LogP contribution in [0.4, 0.5) is 5.00 Å². The molecule has 1 amide bonds. The minimum atomic E-state index is -0.381. The molecule has 0 spiro atoms. The van der Waals surface area contributed by atoms with Gasteiger partial charge in [0, 0.05) is 9.90 Å². The zero-order chi connectivity index (χ0) is 20.1. The molecule has 0 atom stereocenters. The van der Waals surface area contributed by atoms with E-state index in [2.05, 4.69) is 5.32 Å². The maximum absolute atomic E-state index is 12.9. The average Bonchev–Trinajstić information content (AvgIpc) is 2.98. The van der Waals surface area contributed by atoms with Gasteiger partial charge in [-0.25, -0.2) is 4.79 Å². The molecular formula is C21H24ClNO4S. The largest absolute Gasteiger partial charge is 0.496 e. The maximum Gasteiger partial charge on any atom is 0.341 e. The van der Waals surface area contributed by atoms with Gasteiger partial charge in [-0.3, -0.25) is 4.79 Å². The Labute approximate surface area is 174 Å². The smallest absolute Gasteiger partial charge is 0.341 e. The van der Waals surface area contributed by atoms with E-state index in [1.807, 2.05) is 0 Å². The predicted molar refractivity (Wildman–Crippen MR) is 112 cm³/mol. The van der Waals surface area contributed by atoms with Gasteiger partial charge >= 0.3 is 5.97 Å². The van der Waals surface area contributed by atoms with E-state index in [1.54, 1.807) is 25.1 Å². The molecule has 0 radical (unpaired) electrons. The number of carbonyl (C=O) groups is 2. The minimum absolute atomic E-state index is 0.291. The number of methoxy groups -OCH3 is 1. The SMILES string of the molecule is CCOC(=O)c1c(NC(=O)c2cc(Cl)ccc2OC)sc2c1CCCCCC2. The van der Waals surface area contributed by atoms with Crippen LogP contribution in [0.3, 0.4) is 0 Å². The first-order valence-corrected chi connectivity index (χ1v) is 10.7. The van der Waals surface area contributed by atoms with Gasteiger partial charge in [0.15, 0.2) is 0 Å². The molecular weight excluding hydrogens is 398 g/mol. The summed E-state index contributed by atoms with van der Waals surface area (Å²) in [5.41, 5.74) is 1.85. The summed E-state index contributed by atoms with van der Waals surface area (Å²) in [6, 6.07) is 4.87. The first kappa shape index (κ1) is 20.7. The van der Waals surface area contributed by atoms with Crippen LogP contribution >= 0.6 is 22.9 Å². The van der Waals surface area contributed by atoms with E-state index in [1.165, 1.54) is 24.9 Å². The lowest BCUT2D eigenvalue weighted by Crippen LogP contribution is -2.16. The summed E-state index contributed by atoms with van der Waals surface area (Å²) in [7, 11) is 1.50. The summed E-state index contributed by atoms with van der Waals surface area (Å²) in [6.45, 7) is 2.07. The van der Waals surface area contributed by atoms with Crippen LogP contribution in [0.2, 0.25) is 5.02 Å². The zero-order valence-corrected chi connectivity index (χ0v) is 17.7. The van der Waals surface area contributed by atoms with Crippen molar-refractivity contribution < 1.29 is 19.1 Å². The Morgan fingerprint density at radius 1 is 1.18 bits per heavy atom. The van der Waals surface area contributed by atoms with Crippen molar-refractivity contribution in [2.75, 3.05) is 19.0 Å². The lowest BCUT2D eigenvalue weighted by atomic mass is 9.96. The highest BCUT2D eigenvalue weighted by molar-refractivity contribution is 7.17. The molecule has 1 aliphatic rings. The van der Waals surface area contributed by atoms with E-state index in [0.29, 0.717) is 33.5 Å². The number of esters is 1. The standard InChI is InChI=1S/C21H24ClNO4S/c1-3-27-21(25)18-14-8-6-4-5-7-9-17(14)28-20(18)23-19(24)15-12-13(22)10-11-16(15)26-2/h10-12H,3-9H2,1-2H3,(H,23,24). The van der Waals surface area contributed by atoms with Crippen molar-refractivity contribution >= 4 is 39.8 Å². The van der Waals surface area contributed by atoms with Crippen molar-refractivity contribution in [2.45, 2.75) is 45.4 Å². The third kappa shape index (κ3) is 4.50. The van der Waals surface area contributed by atoms with Gasteiger partial charge in [-0.1, -0.05) is 24.4 Å². The van der Waals surface area contributed by atoms with E-state index >= 15 is 0 Å². The first-order chi connectivity index (χ1) is 13.5. The molecule has 0 aliphatic heterocycles. The number of halogens is 1. The number of thiophene rings is 1. The summed E-state index contributed by atoms with van der Waals surface area (Å²) in [5.74, 6) is -0.317. The number of nitrogens with one attached hydrogen (secondary N) is 1. The molecule has 28 heavy (non-hydrogen) atoms. The molecule has 0 fully saturated rings. The number of carbonyl (C=O) groups excluding carboxylic acids is 2. The lowest BCUT2D eigenvalue weighted by molar-refractivity contribution is 0.0526. The number of benzene rings is 1. The number of aryl methyl sites for hydroxylation is 1. The van der Waals surface area contributed by atoms with E-state index in [-0.39, 0.29) is 11.9 Å². The number of hydrogen-bond acceptors (Lipinski definition) is 5. The van der Waals surface area contributed by atoms with E-state index < -0.39 is 0 Å². The van der Waals surface area contributed by atoms with Gasteiger partial charge in [0.1, 0.15) is 10.8 Å². The van der Waals surface area contributed by atoms with E-state index in [9.17, 15) is 9.59 Å². The van der Waals surface area contributed by atoms with Crippen molar-refractivity contribution in [2.24, 2.45) is 0 Å². The molecule has 150 valence electrons. The average molecular weight is 422 g/mol. The van der Waals surface area contributed by atoms with Crippen LogP contribution in [0.1, 0.15) is 63.8 Å². The maximum atomic E-state index is 12.9. The Bertz CT molecular complexity index is 878. The van der Waals surface area contributed by atoms with Gasteiger partial charge in [0.2, 0.25) is 0 Å². The quantitative estimate of drug-likeness (QED) is 0.647. The number of hydrogen-bond donors (Lipinski definition) is 1. The third-order valence-corrected chi connectivity index (χ3v) is 6.23. The van der Waals surface area contributed by atoms with Gasteiger partial charge in [-0.2, -0.15) is 0 Å². The van der Waals surface area contributed by atoms with Crippen LogP contribution in [0.25, 0.3) is 0 Å². The highest BCUT2D eigenvalue weighted by atomic mass is 35.5. The Morgan fingerprint density at radius 2 is 1.93 bits per heavy atom. The molecule has 3 rings (SSSR count). The summed E-state index contributed by atoms with van der Waals surface area (Å²) >= 11 is 7.53. The highest BCUT2D eigenvalue weighted by Gasteiger charge is 2.27. The van der Waals surface area contributed by atoms with Crippen molar-refractivity contribution in [1.29, 1.82) is 0 Å². The van der Waals surface area contributed by atoms with Crippen LogP contribution in [0.5, 0.6) is 5.75 Å². The Balaban J connectivity index is 1.99. The van der Waals surface area contributed by atoms with Crippen molar-refractivity contribution in [3.8, 4) is 5.75 Å². The number of anilines is 1. The summed E-state index contributed by atoms with van der Waals surface area (Å²) in [4.78, 5) is 26.8.